The Labute approximate surface area is 122 Å². The molecule has 3 nitrogen and oxygen atoms in total. The van der Waals surface area contributed by atoms with Gasteiger partial charge in [-0.2, -0.15) is 0 Å². The quantitative estimate of drug-likeness (QED) is 0.941. The maximum absolute atomic E-state index is 13.8. The normalized spacial score (nSPS) is 19.6. The molecule has 1 unspecified atom stereocenters. The average Bonchev–Trinajstić information content (AvgIpc) is 2.51. The summed E-state index contributed by atoms with van der Waals surface area (Å²) in [5.41, 5.74) is 1.62. The van der Waals surface area contributed by atoms with Crippen LogP contribution in [0.25, 0.3) is 0 Å². The van der Waals surface area contributed by atoms with Crippen molar-refractivity contribution < 1.29 is 8.78 Å². The van der Waals surface area contributed by atoms with E-state index in [4.69, 9.17) is 0 Å². The first kappa shape index (κ1) is 14.1. The summed E-state index contributed by atoms with van der Waals surface area (Å²) in [6, 6.07) is 7.85. The molecule has 1 fully saturated rings. The fourth-order valence-electron chi connectivity index (χ4n) is 2.71. The molecule has 3 rings (SSSR count). The van der Waals surface area contributed by atoms with Gasteiger partial charge in [-0.25, -0.2) is 8.78 Å². The second-order valence-electron chi connectivity index (χ2n) is 5.21. The fourth-order valence-corrected chi connectivity index (χ4v) is 2.71. The maximum Gasteiger partial charge on any atom is 0.130 e. The summed E-state index contributed by atoms with van der Waals surface area (Å²) in [5.74, 6) is -1.03. The summed E-state index contributed by atoms with van der Waals surface area (Å²) in [4.78, 5) is 6.35. The third-order valence-electron chi connectivity index (χ3n) is 3.81. The van der Waals surface area contributed by atoms with Gasteiger partial charge in [-0.15, -0.1) is 0 Å². The Hall–Kier alpha value is -1.85. The molecule has 1 aliphatic heterocycles. The Morgan fingerprint density at radius 2 is 2.19 bits per heavy atom. The smallest absolute Gasteiger partial charge is 0.130 e. The van der Waals surface area contributed by atoms with Gasteiger partial charge in [0.25, 0.3) is 0 Å². The lowest BCUT2D eigenvalue weighted by Gasteiger charge is -2.36. The highest BCUT2D eigenvalue weighted by atomic mass is 19.1. The molecular formula is C16H17F2N3. The molecule has 110 valence electrons. The molecule has 1 saturated heterocycles. The van der Waals surface area contributed by atoms with Crippen molar-refractivity contribution in [3.8, 4) is 0 Å². The van der Waals surface area contributed by atoms with Gasteiger partial charge in [0.2, 0.25) is 0 Å². The lowest BCUT2D eigenvalue weighted by Crippen LogP contribution is -2.45. The van der Waals surface area contributed by atoms with Gasteiger partial charge in [-0.05, 0) is 17.7 Å². The van der Waals surface area contributed by atoms with Gasteiger partial charge in [0.15, 0.2) is 0 Å². The number of hydrogen-bond acceptors (Lipinski definition) is 3. The molecule has 1 atom stereocenters. The lowest BCUT2D eigenvalue weighted by molar-refractivity contribution is 0.151. The zero-order chi connectivity index (χ0) is 14.7. The SMILES string of the molecule is Fc1ccc(CN2CCNCC2c2cccnc2)c(F)c1. The van der Waals surface area contributed by atoms with Crippen LogP contribution in [0.5, 0.6) is 0 Å². The van der Waals surface area contributed by atoms with E-state index in [1.165, 1.54) is 12.1 Å². The van der Waals surface area contributed by atoms with E-state index < -0.39 is 11.6 Å². The summed E-state index contributed by atoms with van der Waals surface area (Å²) in [5, 5.41) is 3.35. The van der Waals surface area contributed by atoms with Crippen molar-refractivity contribution in [2.75, 3.05) is 19.6 Å². The topological polar surface area (TPSA) is 28.2 Å². The molecule has 1 aromatic carbocycles. The number of aromatic nitrogens is 1. The fraction of sp³-hybridized carbons (Fsp3) is 0.312. The molecule has 0 bridgehead atoms. The van der Waals surface area contributed by atoms with Crippen molar-refractivity contribution >= 4 is 0 Å². The number of pyridine rings is 1. The molecule has 21 heavy (non-hydrogen) atoms. The van der Waals surface area contributed by atoms with E-state index in [0.717, 1.165) is 31.3 Å². The largest absolute Gasteiger partial charge is 0.314 e. The Kier molecular flexibility index (Phi) is 4.22. The van der Waals surface area contributed by atoms with Gasteiger partial charge in [-0.3, -0.25) is 9.88 Å². The monoisotopic (exact) mass is 289 g/mol. The number of hydrogen-bond donors (Lipinski definition) is 1. The summed E-state index contributed by atoms with van der Waals surface area (Å²) >= 11 is 0. The third kappa shape index (κ3) is 3.25. The van der Waals surface area contributed by atoms with E-state index in [9.17, 15) is 8.78 Å². The van der Waals surface area contributed by atoms with Crippen LogP contribution in [0.1, 0.15) is 17.2 Å². The molecule has 5 heteroatoms. The number of nitrogens with one attached hydrogen (secondary N) is 1. The van der Waals surface area contributed by atoms with Gasteiger partial charge in [0, 0.05) is 56.2 Å². The average molecular weight is 289 g/mol. The summed E-state index contributed by atoms with van der Waals surface area (Å²) < 4.78 is 26.8. The van der Waals surface area contributed by atoms with E-state index in [1.54, 1.807) is 6.20 Å². The number of nitrogens with zero attached hydrogens (tertiary/aromatic N) is 2. The van der Waals surface area contributed by atoms with Crippen molar-refractivity contribution in [2.24, 2.45) is 0 Å². The van der Waals surface area contributed by atoms with Gasteiger partial charge in [0.1, 0.15) is 11.6 Å². The van der Waals surface area contributed by atoms with E-state index in [1.807, 2.05) is 18.3 Å². The number of rotatable bonds is 3. The molecule has 0 radical (unpaired) electrons. The van der Waals surface area contributed by atoms with Crippen molar-refractivity contribution in [3.05, 3.63) is 65.5 Å². The first-order valence-electron chi connectivity index (χ1n) is 7.02. The molecular weight excluding hydrogens is 272 g/mol. The number of halogens is 2. The van der Waals surface area contributed by atoms with Gasteiger partial charge in [-0.1, -0.05) is 12.1 Å². The van der Waals surface area contributed by atoms with Crippen molar-refractivity contribution in [1.82, 2.24) is 15.2 Å². The van der Waals surface area contributed by atoms with Crippen LogP contribution in [0.15, 0.2) is 42.7 Å². The molecule has 2 heterocycles. The lowest BCUT2D eigenvalue weighted by atomic mass is 10.0. The first-order valence-corrected chi connectivity index (χ1v) is 7.02. The molecule has 2 aromatic rings. The molecule has 0 spiro atoms. The second-order valence-corrected chi connectivity index (χ2v) is 5.21. The molecule has 0 amide bonds. The van der Waals surface area contributed by atoms with Crippen LogP contribution in [0.2, 0.25) is 0 Å². The highest BCUT2D eigenvalue weighted by Crippen LogP contribution is 2.24. The summed E-state index contributed by atoms with van der Waals surface area (Å²) in [6.45, 7) is 2.94. The predicted octanol–water partition coefficient (Wildman–Crippen LogP) is 2.51. The Balaban J connectivity index is 1.81. The zero-order valence-corrected chi connectivity index (χ0v) is 11.6. The number of benzene rings is 1. The molecule has 1 aliphatic rings. The Bertz CT molecular complexity index is 604. The van der Waals surface area contributed by atoms with E-state index in [-0.39, 0.29) is 6.04 Å². The predicted molar refractivity (Wildman–Crippen MR) is 76.6 cm³/mol. The molecule has 0 aliphatic carbocycles. The van der Waals surface area contributed by atoms with E-state index >= 15 is 0 Å². The van der Waals surface area contributed by atoms with Crippen LogP contribution in [-0.2, 0) is 6.54 Å². The molecule has 1 aromatic heterocycles. The highest BCUT2D eigenvalue weighted by Gasteiger charge is 2.24. The Morgan fingerprint density at radius 3 is 2.95 bits per heavy atom. The van der Waals surface area contributed by atoms with Crippen molar-refractivity contribution in [2.45, 2.75) is 12.6 Å². The van der Waals surface area contributed by atoms with Crippen molar-refractivity contribution in [3.63, 3.8) is 0 Å². The van der Waals surface area contributed by atoms with E-state index in [2.05, 4.69) is 15.2 Å². The summed E-state index contributed by atoms with van der Waals surface area (Å²) in [6.07, 6.45) is 3.58. The highest BCUT2D eigenvalue weighted by molar-refractivity contribution is 5.20. The van der Waals surface area contributed by atoms with Gasteiger partial charge in [0.05, 0.1) is 0 Å². The third-order valence-corrected chi connectivity index (χ3v) is 3.81. The van der Waals surface area contributed by atoms with Gasteiger partial charge >= 0.3 is 0 Å². The molecule has 0 saturated carbocycles. The Morgan fingerprint density at radius 1 is 1.29 bits per heavy atom. The summed E-state index contributed by atoms with van der Waals surface area (Å²) in [7, 11) is 0. The standard InChI is InChI=1S/C16H17F2N3/c17-14-4-3-13(15(18)8-14)11-21-7-6-20-10-16(21)12-2-1-5-19-9-12/h1-5,8-9,16,20H,6-7,10-11H2. The van der Waals surface area contributed by atoms with Crippen LogP contribution in [0.3, 0.4) is 0 Å². The minimum atomic E-state index is -0.541. The van der Waals surface area contributed by atoms with Crippen LogP contribution >= 0.6 is 0 Å². The van der Waals surface area contributed by atoms with Crippen LogP contribution in [-0.4, -0.2) is 29.5 Å². The number of piperazine rings is 1. The molecule has 1 N–H and O–H groups in total. The van der Waals surface area contributed by atoms with E-state index in [0.29, 0.717) is 12.1 Å². The van der Waals surface area contributed by atoms with Crippen LogP contribution in [0.4, 0.5) is 8.78 Å². The van der Waals surface area contributed by atoms with Crippen molar-refractivity contribution in [1.29, 1.82) is 0 Å². The van der Waals surface area contributed by atoms with Crippen LogP contribution < -0.4 is 5.32 Å². The zero-order valence-electron chi connectivity index (χ0n) is 11.6. The second kappa shape index (κ2) is 6.28. The first-order chi connectivity index (χ1) is 10.2. The minimum absolute atomic E-state index is 0.150. The van der Waals surface area contributed by atoms with Crippen LogP contribution in [0, 0.1) is 11.6 Å². The minimum Gasteiger partial charge on any atom is -0.314 e. The maximum atomic E-state index is 13.8. The van der Waals surface area contributed by atoms with Gasteiger partial charge < -0.3 is 5.32 Å².